The molecule has 3 aromatic carbocycles. The predicted molar refractivity (Wildman–Crippen MR) is 124 cm³/mol. The third-order valence-electron chi connectivity index (χ3n) is 5.02. The summed E-state index contributed by atoms with van der Waals surface area (Å²) in [4.78, 5) is 24.7. The largest absolute Gasteiger partial charge is 0.453 e. The smallest absolute Gasteiger partial charge is 0.411 e. The van der Waals surface area contributed by atoms with E-state index in [1.807, 2.05) is 31.2 Å². The zero-order valence-corrected chi connectivity index (χ0v) is 18.3. The minimum absolute atomic E-state index is 0.148. The van der Waals surface area contributed by atoms with Gasteiger partial charge in [0.1, 0.15) is 17.3 Å². The van der Waals surface area contributed by atoms with Gasteiger partial charge < -0.3 is 10.1 Å². The number of nitrogens with one attached hydrogen (secondary N) is 2. The Hall–Kier alpha value is -4.53. The number of aryl methyl sites for hydroxylation is 1. The lowest BCUT2D eigenvalue weighted by molar-refractivity contribution is 0.102. The topological polar surface area (TPSA) is 85.3 Å². The Kier molecular flexibility index (Phi) is 6.35. The maximum Gasteiger partial charge on any atom is 0.411 e. The highest BCUT2D eigenvalue weighted by atomic mass is 19.1. The first-order chi connectivity index (χ1) is 16.3. The number of methoxy groups -OCH3 is 1. The fourth-order valence-corrected chi connectivity index (χ4v) is 3.25. The summed E-state index contributed by atoms with van der Waals surface area (Å²) < 4.78 is 33.4. The van der Waals surface area contributed by atoms with E-state index in [1.165, 1.54) is 35.1 Å². The van der Waals surface area contributed by atoms with Crippen molar-refractivity contribution in [2.24, 2.45) is 0 Å². The molecule has 2 amide bonds. The van der Waals surface area contributed by atoms with Gasteiger partial charge in [-0.1, -0.05) is 29.8 Å². The monoisotopic (exact) mass is 462 g/mol. The number of ether oxygens (including phenoxy) is 1. The molecule has 9 heteroatoms. The average Bonchev–Trinajstić information content (AvgIpc) is 3.27. The molecule has 1 heterocycles. The van der Waals surface area contributed by atoms with E-state index in [1.54, 1.807) is 12.1 Å². The molecular formula is C25H20F2N4O3. The SMILES string of the molecule is COC(=O)Nc1cc(NC(=O)c2cn(-c3ccc(F)cc3)nc2-c2ccc(C)cc2)ccc1F. The molecule has 4 rings (SSSR count). The van der Waals surface area contributed by atoms with Crippen LogP contribution < -0.4 is 10.6 Å². The summed E-state index contributed by atoms with van der Waals surface area (Å²) in [7, 11) is 1.16. The highest BCUT2D eigenvalue weighted by molar-refractivity contribution is 6.08. The van der Waals surface area contributed by atoms with Gasteiger partial charge in [0.05, 0.1) is 24.0 Å². The van der Waals surface area contributed by atoms with Crippen molar-refractivity contribution in [1.29, 1.82) is 0 Å². The highest BCUT2D eigenvalue weighted by Crippen LogP contribution is 2.26. The number of carbonyl (C=O) groups excluding carboxylic acids is 2. The van der Waals surface area contributed by atoms with E-state index in [9.17, 15) is 18.4 Å². The Morgan fingerprint density at radius 1 is 0.941 bits per heavy atom. The lowest BCUT2D eigenvalue weighted by atomic mass is 10.1. The van der Waals surface area contributed by atoms with Crippen LogP contribution in [0, 0.1) is 18.6 Å². The summed E-state index contributed by atoms with van der Waals surface area (Å²) in [6, 6.07) is 17.0. The summed E-state index contributed by atoms with van der Waals surface area (Å²) in [5, 5.41) is 9.51. The van der Waals surface area contributed by atoms with Crippen molar-refractivity contribution < 1.29 is 23.1 Å². The molecule has 0 atom stereocenters. The third kappa shape index (κ3) is 4.93. The molecule has 2 N–H and O–H groups in total. The number of halogens is 2. The Morgan fingerprint density at radius 3 is 2.32 bits per heavy atom. The second-order valence-electron chi connectivity index (χ2n) is 7.44. The number of hydrogen-bond donors (Lipinski definition) is 2. The van der Waals surface area contributed by atoms with Gasteiger partial charge >= 0.3 is 6.09 Å². The van der Waals surface area contributed by atoms with E-state index in [0.29, 0.717) is 16.9 Å². The van der Waals surface area contributed by atoms with Crippen LogP contribution >= 0.6 is 0 Å². The molecule has 4 aromatic rings. The molecule has 34 heavy (non-hydrogen) atoms. The van der Waals surface area contributed by atoms with Gasteiger partial charge in [-0.2, -0.15) is 5.10 Å². The minimum Gasteiger partial charge on any atom is -0.453 e. The van der Waals surface area contributed by atoms with Crippen molar-refractivity contribution in [3.8, 4) is 16.9 Å². The number of amides is 2. The fourth-order valence-electron chi connectivity index (χ4n) is 3.25. The van der Waals surface area contributed by atoms with Gasteiger partial charge in [-0.25, -0.2) is 18.3 Å². The van der Waals surface area contributed by atoms with E-state index in [2.05, 4.69) is 20.5 Å². The number of nitrogens with zero attached hydrogens (tertiary/aromatic N) is 2. The quantitative estimate of drug-likeness (QED) is 0.407. The van der Waals surface area contributed by atoms with Crippen LogP contribution in [0.3, 0.4) is 0 Å². The molecule has 172 valence electrons. The Bertz CT molecular complexity index is 1350. The fraction of sp³-hybridized carbons (Fsp3) is 0.0800. The van der Waals surface area contributed by atoms with E-state index < -0.39 is 17.8 Å². The van der Waals surface area contributed by atoms with Crippen LogP contribution in [-0.2, 0) is 4.74 Å². The van der Waals surface area contributed by atoms with Gasteiger partial charge in [0.15, 0.2) is 0 Å². The Balaban J connectivity index is 1.70. The van der Waals surface area contributed by atoms with Gasteiger partial charge in [-0.3, -0.25) is 10.1 Å². The van der Waals surface area contributed by atoms with E-state index >= 15 is 0 Å². The molecule has 1 aromatic heterocycles. The van der Waals surface area contributed by atoms with Gasteiger partial charge in [-0.05, 0) is 49.4 Å². The normalized spacial score (nSPS) is 10.6. The van der Waals surface area contributed by atoms with Crippen LogP contribution in [-0.4, -0.2) is 28.9 Å². The molecule has 7 nitrogen and oxygen atoms in total. The number of benzene rings is 3. The number of hydrogen-bond acceptors (Lipinski definition) is 4. The summed E-state index contributed by atoms with van der Waals surface area (Å²) in [6.07, 6.45) is 0.694. The molecule has 0 saturated carbocycles. The van der Waals surface area contributed by atoms with Crippen LogP contribution in [0.15, 0.2) is 72.9 Å². The summed E-state index contributed by atoms with van der Waals surface area (Å²) in [6.45, 7) is 1.95. The number of carbonyl (C=O) groups is 2. The molecule has 0 unspecified atom stereocenters. The first-order valence-electron chi connectivity index (χ1n) is 10.2. The zero-order chi connectivity index (χ0) is 24.2. The van der Waals surface area contributed by atoms with Gasteiger partial charge in [0, 0.05) is 17.4 Å². The molecule has 0 spiro atoms. The first-order valence-corrected chi connectivity index (χ1v) is 10.2. The molecule has 0 aliphatic rings. The summed E-state index contributed by atoms with van der Waals surface area (Å²) in [5.74, 6) is -1.58. The zero-order valence-electron chi connectivity index (χ0n) is 18.3. The highest BCUT2D eigenvalue weighted by Gasteiger charge is 2.20. The molecule has 0 radical (unpaired) electrons. The Labute approximate surface area is 194 Å². The average molecular weight is 462 g/mol. The second-order valence-corrected chi connectivity index (χ2v) is 7.44. The first kappa shape index (κ1) is 22.7. The molecule has 0 bridgehead atoms. The maximum atomic E-state index is 14.0. The standard InChI is InChI=1S/C25H20F2N4O3/c1-15-3-5-16(6-4-15)23-20(14-31(30-23)19-10-7-17(26)8-11-19)24(32)28-18-9-12-21(27)22(13-18)29-25(33)34-2/h3-14H,1-2H3,(H,28,32)(H,29,33). The molecular weight excluding hydrogens is 442 g/mol. The Morgan fingerprint density at radius 2 is 1.65 bits per heavy atom. The maximum absolute atomic E-state index is 14.0. The van der Waals surface area contributed by atoms with Crippen molar-refractivity contribution in [3.63, 3.8) is 0 Å². The van der Waals surface area contributed by atoms with Crippen molar-refractivity contribution in [3.05, 3.63) is 95.7 Å². The molecule has 0 aliphatic carbocycles. The predicted octanol–water partition coefficient (Wildman–Crippen LogP) is 5.56. The van der Waals surface area contributed by atoms with Crippen LogP contribution in [0.2, 0.25) is 0 Å². The molecule has 0 aliphatic heterocycles. The number of rotatable bonds is 5. The van der Waals surface area contributed by atoms with Crippen molar-refractivity contribution >= 4 is 23.4 Å². The van der Waals surface area contributed by atoms with Gasteiger partial charge in [0.25, 0.3) is 5.91 Å². The van der Waals surface area contributed by atoms with E-state index in [-0.39, 0.29) is 22.8 Å². The van der Waals surface area contributed by atoms with Crippen molar-refractivity contribution in [1.82, 2.24) is 9.78 Å². The van der Waals surface area contributed by atoms with Gasteiger partial charge in [-0.15, -0.1) is 0 Å². The third-order valence-corrected chi connectivity index (χ3v) is 5.02. The molecule has 0 saturated heterocycles. The van der Waals surface area contributed by atoms with E-state index in [0.717, 1.165) is 18.7 Å². The van der Waals surface area contributed by atoms with Crippen LogP contribution in [0.4, 0.5) is 25.0 Å². The lowest BCUT2D eigenvalue weighted by Gasteiger charge is -2.09. The van der Waals surface area contributed by atoms with Crippen molar-refractivity contribution in [2.45, 2.75) is 6.92 Å². The lowest BCUT2D eigenvalue weighted by Crippen LogP contribution is -2.15. The molecule has 0 fully saturated rings. The van der Waals surface area contributed by atoms with Crippen LogP contribution in [0.25, 0.3) is 16.9 Å². The van der Waals surface area contributed by atoms with Gasteiger partial charge in [0.2, 0.25) is 0 Å². The summed E-state index contributed by atoms with van der Waals surface area (Å²) >= 11 is 0. The van der Waals surface area contributed by atoms with E-state index in [4.69, 9.17) is 0 Å². The van der Waals surface area contributed by atoms with Crippen molar-refractivity contribution in [2.75, 3.05) is 17.7 Å². The van der Waals surface area contributed by atoms with Crippen LogP contribution in [0.1, 0.15) is 15.9 Å². The summed E-state index contributed by atoms with van der Waals surface area (Å²) in [5.41, 5.74) is 3.10. The number of anilines is 2. The second kappa shape index (κ2) is 9.53. The van der Waals surface area contributed by atoms with Crippen LogP contribution in [0.5, 0.6) is 0 Å². The minimum atomic E-state index is -0.843. The number of aromatic nitrogens is 2.